The van der Waals surface area contributed by atoms with Gasteiger partial charge in [0.15, 0.2) is 0 Å². The largest absolute Gasteiger partial charge is 0.397 e. The maximum absolute atomic E-state index is 12.8. The molecule has 0 atom stereocenters. The molecule has 0 unspecified atom stereocenters. The number of benzene rings is 1. The second kappa shape index (κ2) is 5.30. The standard InChI is InChI=1S/C12H11FN4O2/c13-8-3-4-10(9(14)6-8)16-11(18)7-17-12(19)2-1-5-15-17/h1-6H,7,14H2,(H,16,18). The maximum atomic E-state index is 12.8. The van der Waals surface area contributed by atoms with Crippen LogP contribution >= 0.6 is 0 Å². The van der Waals surface area contributed by atoms with Gasteiger partial charge in [-0.25, -0.2) is 9.07 Å². The SMILES string of the molecule is Nc1cc(F)ccc1NC(=O)Cn1ncccc1=O. The number of nitrogens with one attached hydrogen (secondary N) is 1. The number of anilines is 2. The van der Waals surface area contributed by atoms with Gasteiger partial charge in [-0.05, 0) is 24.3 Å². The fourth-order valence-electron chi connectivity index (χ4n) is 1.48. The van der Waals surface area contributed by atoms with Crippen LogP contribution in [0.1, 0.15) is 0 Å². The number of amides is 1. The van der Waals surface area contributed by atoms with Crippen molar-refractivity contribution < 1.29 is 9.18 Å². The van der Waals surface area contributed by atoms with Crippen molar-refractivity contribution in [2.75, 3.05) is 11.1 Å². The number of carbonyl (C=O) groups is 1. The summed E-state index contributed by atoms with van der Waals surface area (Å²) in [6, 6.07) is 6.41. The highest BCUT2D eigenvalue weighted by Gasteiger charge is 2.08. The maximum Gasteiger partial charge on any atom is 0.267 e. The van der Waals surface area contributed by atoms with Gasteiger partial charge in [0.1, 0.15) is 12.4 Å². The molecule has 6 nitrogen and oxygen atoms in total. The summed E-state index contributed by atoms with van der Waals surface area (Å²) < 4.78 is 13.8. The Balaban J connectivity index is 2.10. The molecule has 0 bridgehead atoms. The van der Waals surface area contributed by atoms with Crippen LogP contribution in [0.5, 0.6) is 0 Å². The molecule has 1 aromatic carbocycles. The van der Waals surface area contributed by atoms with Crippen LogP contribution < -0.4 is 16.6 Å². The van der Waals surface area contributed by atoms with Gasteiger partial charge < -0.3 is 11.1 Å². The number of hydrogen-bond donors (Lipinski definition) is 2. The molecule has 2 aromatic rings. The molecule has 0 fully saturated rings. The molecular weight excluding hydrogens is 251 g/mol. The van der Waals surface area contributed by atoms with E-state index in [2.05, 4.69) is 10.4 Å². The third-order valence-electron chi connectivity index (χ3n) is 2.37. The van der Waals surface area contributed by atoms with Gasteiger partial charge in [-0.2, -0.15) is 5.10 Å². The molecule has 3 N–H and O–H groups in total. The van der Waals surface area contributed by atoms with Crippen LogP contribution in [-0.2, 0) is 11.3 Å². The van der Waals surface area contributed by atoms with E-state index >= 15 is 0 Å². The Hall–Kier alpha value is -2.70. The highest BCUT2D eigenvalue weighted by Crippen LogP contribution is 2.18. The summed E-state index contributed by atoms with van der Waals surface area (Å²) in [6.07, 6.45) is 1.40. The number of nitrogens with zero attached hydrogens (tertiary/aromatic N) is 2. The van der Waals surface area contributed by atoms with E-state index in [0.29, 0.717) is 0 Å². The Morgan fingerprint density at radius 1 is 1.42 bits per heavy atom. The van der Waals surface area contributed by atoms with Crippen LogP contribution in [0.2, 0.25) is 0 Å². The van der Waals surface area contributed by atoms with Gasteiger partial charge in [-0.3, -0.25) is 9.59 Å². The summed E-state index contributed by atoms with van der Waals surface area (Å²) in [5.74, 6) is -0.962. The van der Waals surface area contributed by atoms with Crippen molar-refractivity contribution in [1.82, 2.24) is 9.78 Å². The van der Waals surface area contributed by atoms with Crippen molar-refractivity contribution in [3.63, 3.8) is 0 Å². The fraction of sp³-hybridized carbons (Fsp3) is 0.0833. The predicted octanol–water partition coefficient (Wildman–Crippen LogP) is 0.603. The van der Waals surface area contributed by atoms with E-state index in [-0.39, 0.29) is 23.5 Å². The fourth-order valence-corrected chi connectivity index (χ4v) is 1.48. The second-order valence-corrected chi connectivity index (χ2v) is 3.80. The molecule has 0 spiro atoms. The van der Waals surface area contributed by atoms with Crippen LogP contribution in [-0.4, -0.2) is 15.7 Å². The molecule has 7 heteroatoms. The van der Waals surface area contributed by atoms with Gasteiger partial charge in [-0.15, -0.1) is 0 Å². The topological polar surface area (TPSA) is 90.0 Å². The van der Waals surface area contributed by atoms with Crippen molar-refractivity contribution >= 4 is 17.3 Å². The van der Waals surface area contributed by atoms with Crippen LogP contribution in [0.25, 0.3) is 0 Å². The van der Waals surface area contributed by atoms with E-state index in [0.717, 1.165) is 10.7 Å². The molecule has 0 aliphatic carbocycles. The summed E-state index contributed by atoms with van der Waals surface area (Å²) in [4.78, 5) is 23.1. The van der Waals surface area contributed by atoms with E-state index < -0.39 is 11.7 Å². The number of nitrogen functional groups attached to an aromatic ring is 1. The summed E-state index contributed by atoms with van der Waals surface area (Å²) in [6.45, 7) is -0.240. The highest BCUT2D eigenvalue weighted by molar-refractivity contribution is 5.93. The summed E-state index contributed by atoms with van der Waals surface area (Å²) in [5, 5.41) is 6.23. The Bertz CT molecular complexity index is 669. The highest BCUT2D eigenvalue weighted by atomic mass is 19.1. The van der Waals surface area contributed by atoms with Gasteiger partial charge >= 0.3 is 0 Å². The number of rotatable bonds is 3. The zero-order valence-corrected chi connectivity index (χ0v) is 9.84. The van der Waals surface area contributed by atoms with Gasteiger partial charge in [0.25, 0.3) is 5.56 Å². The third kappa shape index (κ3) is 3.15. The lowest BCUT2D eigenvalue weighted by molar-refractivity contribution is -0.117. The average molecular weight is 262 g/mol. The number of nitrogens with two attached hydrogens (primary N) is 1. The molecular formula is C12H11FN4O2. The quantitative estimate of drug-likeness (QED) is 0.793. The molecule has 0 saturated heterocycles. The molecule has 2 rings (SSSR count). The Labute approximate surface area is 107 Å². The second-order valence-electron chi connectivity index (χ2n) is 3.80. The van der Waals surface area contributed by atoms with Gasteiger partial charge in [0.05, 0.1) is 11.4 Å². The smallest absolute Gasteiger partial charge is 0.267 e. The van der Waals surface area contributed by atoms with Gasteiger partial charge in [0.2, 0.25) is 5.91 Å². The monoisotopic (exact) mass is 262 g/mol. The first-order valence-electron chi connectivity index (χ1n) is 5.43. The van der Waals surface area contributed by atoms with Crippen LogP contribution in [0.3, 0.4) is 0 Å². The van der Waals surface area contributed by atoms with Gasteiger partial charge in [0, 0.05) is 12.3 Å². The number of halogens is 1. The molecule has 19 heavy (non-hydrogen) atoms. The Morgan fingerprint density at radius 3 is 2.89 bits per heavy atom. The van der Waals surface area contributed by atoms with E-state index in [1.807, 2.05) is 0 Å². The number of aromatic nitrogens is 2. The minimum absolute atomic E-state index is 0.113. The Morgan fingerprint density at radius 2 is 2.21 bits per heavy atom. The van der Waals surface area contributed by atoms with E-state index in [1.54, 1.807) is 0 Å². The summed E-state index contributed by atoms with van der Waals surface area (Å²) in [5.41, 5.74) is 5.57. The average Bonchev–Trinajstić information content (AvgIpc) is 2.36. The van der Waals surface area contributed by atoms with Crippen molar-refractivity contribution in [2.45, 2.75) is 6.54 Å². The summed E-state index contributed by atoms with van der Waals surface area (Å²) in [7, 11) is 0. The predicted molar refractivity (Wildman–Crippen MR) is 67.9 cm³/mol. The molecule has 1 aromatic heterocycles. The first kappa shape index (κ1) is 12.7. The lowest BCUT2D eigenvalue weighted by Gasteiger charge is -2.08. The Kier molecular flexibility index (Phi) is 3.56. The van der Waals surface area contributed by atoms with E-state index in [1.165, 1.54) is 30.5 Å². The molecule has 0 saturated carbocycles. The van der Waals surface area contributed by atoms with Gasteiger partial charge in [-0.1, -0.05) is 0 Å². The van der Waals surface area contributed by atoms with Crippen molar-refractivity contribution in [1.29, 1.82) is 0 Å². The first-order chi connectivity index (χ1) is 9.06. The number of carbonyl (C=O) groups excluding carboxylic acids is 1. The number of hydrogen-bond acceptors (Lipinski definition) is 4. The molecule has 98 valence electrons. The van der Waals surface area contributed by atoms with Crippen LogP contribution in [0.4, 0.5) is 15.8 Å². The molecule has 0 aliphatic heterocycles. The normalized spacial score (nSPS) is 10.2. The zero-order chi connectivity index (χ0) is 13.8. The summed E-state index contributed by atoms with van der Waals surface area (Å²) >= 11 is 0. The van der Waals surface area contributed by atoms with Crippen molar-refractivity contribution in [3.8, 4) is 0 Å². The minimum atomic E-state index is -0.489. The van der Waals surface area contributed by atoms with Crippen molar-refractivity contribution in [2.24, 2.45) is 0 Å². The van der Waals surface area contributed by atoms with E-state index in [9.17, 15) is 14.0 Å². The zero-order valence-electron chi connectivity index (χ0n) is 9.84. The molecule has 0 radical (unpaired) electrons. The lowest BCUT2D eigenvalue weighted by atomic mass is 10.2. The minimum Gasteiger partial charge on any atom is -0.397 e. The molecule has 1 amide bonds. The van der Waals surface area contributed by atoms with E-state index in [4.69, 9.17) is 5.73 Å². The van der Waals surface area contributed by atoms with Crippen LogP contribution in [0.15, 0.2) is 41.3 Å². The third-order valence-corrected chi connectivity index (χ3v) is 2.37. The first-order valence-corrected chi connectivity index (χ1v) is 5.43. The molecule has 1 heterocycles. The molecule has 0 aliphatic rings. The van der Waals surface area contributed by atoms with Crippen molar-refractivity contribution in [3.05, 3.63) is 52.7 Å². The van der Waals surface area contributed by atoms with Crippen LogP contribution in [0, 0.1) is 5.82 Å². The lowest BCUT2D eigenvalue weighted by Crippen LogP contribution is -2.28.